The van der Waals surface area contributed by atoms with Gasteiger partial charge in [-0.05, 0) is 68.3 Å². The van der Waals surface area contributed by atoms with E-state index in [2.05, 4.69) is 21.6 Å². The second-order valence-electron chi connectivity index (χ2n) is 8.98. The van der Waals surface area contributed by atoms with Gasteiger partial charge in [0.25, 0.3) is 5.91 Å². The molecule has 1 unspecified atom stereocenters. The molecule has 7 nitrogen and oxygen atoms in total. The smallest absolute Gasteiger partial charge is 0.255 e. The number of nitrogens with zero attached hydrogens (tertiary/aromatic N) is 2. The number of fused-ring (bicyclic) bond motifs is 1. The topological polar surface area (TPSA) is 81.8 Å². The number of rotatable bonds is 2. The van der Waals surface area contributed by atoms with Crippen molar-refractivity contribution in [2.75, 3.05) is 31.1 Å². The Morgan fingerprint density at radius 1 is 1.00 bits per heavy atom. The lowest BCUT2D eigenvalue weighted by atomic mass is 9.71. The van der Waals surface area contributed by atoms with Crippen LogP contribution < -0.4 is 15.5 Å². The van der Waals surface area contributed by atoms with Crippen molar-refractivity contribution in [1.29, 1.82) is 0 Å². The summed E-state index contributed by atoms with van der Waals surface area (Å²) in [7, 11) is 0. The molecule has 5 rings (SSSR count). The Balaban J connectivity index is 1.29. The largest absolute Gasteiger partial charge is 0.371 e. The minimum absolute atomic E-state index is 0.0943. The fourth-order valence-electron chi connectivity index (χ4n) is 5.44. The van der Waals surface area contributed by atoms with Crippen molar-refractivity contribution in [3.05, 3.63) is 29.3 Å². The summed E-state index contributed by atoms with van der Waals surface area (Å²) in [6.07, 6.45) is 5.65. The number of benzene rings is 1. The van der Waals surface area contributed by atoms with Gasteiger partial charge in [-0.15, -0.1) is 0 Å². The van der Waals surface area contributed by atoms with Crippen molar-refractivity contribution in [3.8, 4) is 0 Å². The van der Waals surface area contributed by atoms with Crippen LogP contribution in [0.4, 0.5) is 5.69 Å². The zero-order chi connectivity index (χ0) is 20.0. The lowest BCUT2D eigenvalue weighted by Gasteiger charge is -2.45. The molecule has 7 heteroatoms. The van der Waals surface area contributed by atoms with Gasteiger partial charge in [0.2, 0.25) is 11.8 Å². The number of hydrogen-bond acceptors (Lipinski definition) is 5. The molecule has 0 saturated carbocycles. The Labute approximate surface area is 170 Å². The van der Waals surface area contributed by atoms with Gasteiger partial charge < -0.3 is 15.1 Å². The Bertz CT molecular complexity index is 852. The van der Waals surface area contributed by atoms with Gasteiger partial charge in [0, 0.05) is 37.3 Å². The molecule has 3 saturated heterocycles. The van der Waals surface area contributed by atoms with Crippen molar-refractivity contribution < 1.29 is 14.4 Å². The normalized spacial score (nSPS) is 26.6. The first-order chi connectivity index (χ1) is 14.0. The monoisotopic (exact) mass is 396 g/mol. The van der Waals surface area contributed by atoms with E-state index >= 15 is 0 Å². The van der Waals surface area contributed by atoms with Crippen molar-refractivity contribution >= 4 is 23.4 Å². The number of carbonyl (C=O) groups excluding carboxylic acids is 3. The first-order valence-electron chi connectivity index (χ1n) is 10.8. The first-order valence-corrected chi connectivity index (χ1v) is 10.8. The Morgan fingerprint density at radius 3 is 2.48 bits per heavy atom. The van der Waals surface area contributed by atoms with Gasteiger partial charge >= 0.3 is 0 Å². The molecule has 0 radical (unpaired) electrons. The van der Waals surface area contributed by atoms with Gasteiger partial charge in [-0.25, -0.2) is 0 Å². The maximum Gasteiger partial charge on any atom is 0.255 e. The quantitative estimate of drug-likeness (QED) is 0.739. The van der Waals surface area contributed by atoms with Crippen LogP contribution >= 0.6 is 0 Å². The zero-order valence-corrected chi connectivity index (χ0v) is 16.7. The van der Waals surface area contributed by atoms with Crippen LogP contribution in [0.5, 0.6) is 0 Å². The summed E-state index contributed by atoms with van der Waals surface area (Å²) >= 11 is 0. The summed E-state index contributed by atoms with van der Waals surface area (Å²) in [4.78, 5) is 40.7. The molecule has 4 heterocycles. The number of carbonyl (C=O) groups is 3. The van der Waals surface area contributed by atoms with E-state index < -0.39 is 6.04 Å². The number of anilines is 1. The lowest BCUT2D eigenvalue weighted by molar-refractivity contribution is -0.136. The Kier molecular flexibility index (Phi) is 4.57. The standard InChI is InChI=1S/C22H28N4O3/c27-19-4-3-18(20(28)24-19)26-14-15-1-2-16(13-17(15)21(26)29)25-11-7-22(8-12-25)5-9-23-10-6-22/h1-2,13,18,23H,3-12,14H2,(H,24,27,28). The van der Waals surface area contributed by atoms with Gasteiger partial charge in [0.05, 0.1) is 0 Å². The highest BCUT2D eigenvalue weighted by Crippen LogP contribution is 2.41. The maximum atomic E-state index is 13.0. The maximum absolute atomic E-state index is 13.0. The van der Waals surface area contributed by atoms with E-state index in [0.717, 1.165) is 37.4 Å². The van der Waals surface area contributed by atoms with Crippen LogP contribution in [0.2, 0.25) is 0 Å². The average molecular weight is 396 g/mol. The van der Waals surface area contributed by atoms with Crippen molar-refractivity contribution in [1.82, 2.24) is 15.5 Å². The van der Waals surface area contributed by atoms with E-state index in [-0.39, 0.29) is 24.1 Å². The number of nitrogens with one attached hydrogen (secondary N) is 2. The molecule has 0 aliphatic carbocycles. The summed E-state index contributed by atoms with van der Waals surface area (Å²) in [6.45, 7) is 4.76. The van der Waals surface area contributed by atoms with Crippen LogP contribution in [-0.4, -0.2) is 54.8 Å². The zero-order valence-electron chi connectivity index (χ0n) is 16.7. The second-order valence-corrected chi connectivity index (χ2v) is 8.98. The van der Waals surface area contributed by atoms with Gasteiger partial charge in [-0.2, -0.15) is 0 Å². The summed E-state index contributed by atoms with van der Waals surface area (Å²) in [6, 6.07) is 5.60. The number of amides is 3. The van der Waals surface area contributed by atoms with E-state index in [4.69, 9.17) is 0 Å². The number of imide groups is 1. The molecule has 1 spiro atoms. The van der Waals surface area contributed by atoms with Gasteiger partial charge in [0.1, 0.15) is 6.04 Å². The summed E-state index contributed by atoms with van der Waals surface area (Å²) in [5, 5.41) is 5.83. The van der Waals surface area contributed by atoms with Crippen LogP contribution in [-0.2, 0) is 16.1 Å². The third-order valence-electron chi connectivity index (χ3n) is 7.37. The van der Waals surface area contributed by atoms with Gasteiger partial charge in [-0.3, -0.25) is 19.7 Å². The molecule has 1 aromatic carbocycles. The molecule has 3 amide bonds. The molecule has 2 N–H and O–H groups in total. The molecule has 1 aromatic rings. The third-order valence-corrected chi connectivity index (χ3v) is 7.37. The van der Waals surface area contributed by atoms with E-state index in [0.29, 0.717) is 23.9 Å². The highest BCUT2D eigenvalue weighted by molar-refractivity contribution is 6.05. The SMILES string of the molecule is O=C1CCC(N2Cc3ccc(N4CCC5(CCNCC5)CC4)cc3C2=O)C(=O)N1. The molecule has 1 atom stereocenters. The number of piperidine rings is 3. The predicted molar refractivity (Wildman–Crippen MR) is 108 cm³/mol. The molecule has 154 valence electrons. The Morgan fingerprint density at radius 2 is 1.76 bits per heavy atom. The fraction of sp³-hybridized carbons (Fsp3) is 0.591. The fourth-order valence-corrected chi connectivity index (χ4v) is 5.44. The molecule has 0 aromatic heterocycles. The number of hydrogen-bond donors (Lipinski definition) is 2. The molecular formula is C22H28N4O3. The van der Waals surface area contributed by atoms with E-state index in [1.807, 2.05) is 12.1 Å². The third kappa shape index (κ3) is 3.31. The lowest BCUT2D eigenvalue weighted by Crippen LogP contribution is -2.52. The summed E-state index contributed by atoms with van der Waals surface area (Å²) in [5.74, 6) is -0.705. The minimum atomic E-state index is -0.550. The highest BCUT2D eigenvalue weighted by atomic mass is 16.2. The summed E-state index contributed by atoms with van der Waals surface area (Å²) < 4.78 is 0. The van der Waals surface area contributed by atoms with E-state index in [1.54, 1.807) is 4.90 Å². The highest BCUT2D eigenvalue weighted by Gasteiger charge is 2.40. The molecule has 29 heavy (non-hydrogen) atoms. The van der Waals surface area contributed by atoms with Crippen LogP contribution in [0, 0.1) is 5.41 Å². The van der Waals surface area contributed by atoms with Gasteiger partial charge in [-0.1, -0.05) is 6.07 Å². The van der Waals surface area contributed by atoms with Crippen molar-refractivity contribution in [3.63, 3.8) is 0 Å². The second kappa shape index (κ2) is 7.13. The molecule has 4 aliphatic rings. The molecule has 3 fully saturated rings. The molecule has 0 bridgehead atoms. The van der Waals surface area contributed by atoms with Gasteiger partial charge in [0.15, 0.2) is 0 Å². The van der Waals surface area contributed by atoms with Crippen LogP contribution in [0.15, 0.2) is 18.2 Å². The molecular weight excluding hydrogens is 368 g/mol. The van der Waals surface area contributed by atoms with E-state index in [9.17, 15) is 14.4 Å². The minimum Gasteiger partial charge on any atom is -0.371 e. The average Bonchev–Trinajstić information content (AvgIpc) is 3.05. The Hall–Kier alpha value is -2.41. The van der Waals surface area contributed by atoms with Crippen LogP contribution in [0.3, 0.4) is 0 Å². The summed E-state index contributed by atoms with van der Waals surface area (Å²) in [5.41, 5.74) is 3.27. The van der Waals surface area contributed by atoms with Crippen molar-refractivity contribution in [2.45, 2.75) is 51.1 Å². The predicted octanol–water partition coefficient (Wildman–Crippen LogP) is 1.42. The first kappa shape index (κ1) is 18.6. The van der Waals surface area contributed by atoms with E-state index in [1.165, 1.54) is 25.7 Å². The van der Waals surface area contributed by atoms with Crippen molar-refractivity contribution in [2.24, 2.45) is 5.41 Å². The molecule has 4 aliphatic heterocycles. The van der Waals surface area contributed by atoms with Crippen LogP contribution in [0.25, 0.3) is 0 Å². The van der Waals surface area contributed by atoms with Crippen LogP contribution in [0.1, 0.15) is 54.4 Å².